The second-order valence-corrected chi connectivity index (χ2v) is 6.26. The number of carbonyl (C=O) groups is 2. The minimum absolute atomic E-state index is 0.0624. The minimum Gasteiger partial charge on any atom is -0.360 e. The number of aromatic amines is 1. The van der Waals surface area contributed by atoms with Crippen LogP contribution in [0.4, 0.5) is 5.69 Å². The molecule has 9 heteroatoms. The first-order valence-electron chi connectivity index (χ1n) is 8.56. The van der Waals surface area contributed by atoms with Crippen LogP contribution in [-0.2, 0) is 4.79 Å². The molecule has 0 unspecified atom stereocenters. The predicted octanol–water partition coefficient (Wildman–Crippen LogP) is 1.85. The molecule has 4 rings (SSSR count). The van der Waals surface area contributed by atoms with Gasteiger partial charge in [-0.2, -0.15) is 0 Å². The van der Waals surface area contributed by atoms with E-state index in [2.05, 4.69) is 25.8 Å². The summed E-state index contributed by atoms with van der Waals surface area (Å²) in [5.41, 5.74) is 2.81. The van der Waals surface area contributed by atoms with Gasteiger partial charge in [0.05, 0.1) is 17.8 Å². The molecular formula is C19H17N7O2. The van der Waals surface area contributed by atoms with Gasteiger partial charge in [0.15, 0.2) is 0 Å². The number of fused-ring (bicyclic) bond motifs is 1. The molecule has 2 aromatic heterocycles. The predicted molar refractivity (Wildman–Crippen MR) is 103 cm³/mol. The summed E-state index contributed by atoms with van der Waals surface area (Å²) in [7, 11) is 1.60. The van der Waals surface area contributed by atoms with Gasteiger partial charge >= 0.3 is 0 Å². The number of aromatic nitrogens is 5. The Hall–Kier alpha value is -4.01. The van der Waals surface area contributed by atoms with Gasteiger partial charge in [0.2, 0.25) is 5.91 Å². The van der Waals surface area contributed by atoms with Crippen molar-refractivity contribution < 1.29 is 9.59 Å². The van der Waals surface area contributed by atoms with Crippen LogP contribution in [0.1, 0.15) is 10.4 Å². The smallest absolute Gasteiger partial charge is 0.256 e. The van der Waals surface area contributed by atoms with Crippen molar-refractivity contribution in [2.75, 3.05) is 18.9 Å². The van der Waals surface area contributed by atoms with Crippen LogP contribution < -0.4 is 5.32 Å². The lowest BCUT2D eigenvalue weighted by Crippen LogP contribution is -2.34. The van der Waals surface area contributed by atoms with E-state index in [0.717, 1.165) is 16.6 Å². The summed E-state index contributed by atoms with van der Waals surface area (Å²) in [5, 5.41) is 14.6. The molecule has 0 aliphatic rings. The molecule has 0 saturated heterocycles. The van der Waals surface area contributed by atoms with Gasteiger partial charge < -0.3 is 15.2 Å². The third-order valence-electron chi connectivity index (χ3n) is 4.31. The maximum absolute atomic E-state index is 12.7. The van der Waals surface area contributed by atoms with Crippen LogP contribution in [0.25, 0.3) is 16.6 Å². The second-order valence-electron chi connectivity index (χ2n) is 6.26. The van der Waals surface area contributed by atoms with E-state index in [1.54, 1.807) is 37.5 Å². The summed E-state index contributed by atoms with van der Waals surface area (Å²) in [6.45, 7) is -0.0624. The number of benzene rings is 2. The highest BCUT2D eigenvalue weighted by molar-refractivity contribution is 6.08. The van der Waals surface area contributed by atoms with E-state index in [-0.39, 0.29) is 18.4 Å². The molecule has 0 spiro atoms. The number of rotatable bonds is 5. The molecule has 9 nitrogen and oxygen atoms in total. The zero-order chi connectivity index (χ0) is 19.5. The van der Waals surface area contributed by atoms with Crippen molar-refractivity contribution in [1.82, 2.24) is 30.1 Å². The first kappa shape index (κ1) is 17.4. The summed E-state index contributed by atoms with van der Waals surface area (Å²) < 4.78 is 1.51. The van der Waals surface area contributed by atoms with Crippen LogP contribution in [0.2, 0.25) is 0 Å². The maximum Gasteiger partial charge on any atom is 0.256 e. The fourth-order valence-corrected chi connectivity index (χ4v) is 2.92. The number of nitrogens with zero attached hydrogens (tertiary/aromatic N) is 5. The number of anilines is 1. The van der Waals surface area contributed by atoms with Gasteiger partial charge in [-0.15, -0.1) is 5.10 Å². The molecule has 0 fully saturated rings. The summed E-state index contributed by atoms with van der Waals surface area (Å²) in [6.07, 6.45) is 3.15. The van der Waals surface area contributed by atoms with Crippen molar-refractivity contribution in [3.05, 3.63) is 66.6 Å². The average molecular weight is 375 g/mol. The first-order chi connectivity index (χ1) is 13.6. The molecule has 0 atom stereocenters. The highest BCUT2D eigenvalue weighted by Crippen LogP contribution is 2.19. The fraction of sp³-hybridized carbons (Fsp3) is 0.105. The van der Waals surface area contributed by atoms with Crippen LogP contribution in [0.5, 0.6) is 0 Å². The van der Waals surface area contributed by atoms with E-state index in [0.29, 0.717) is 11.3 Å². The van der Waals surface area contributed by atoms with Crippen molar-refractivity contribution in [2.45, 2.75) is 0 Å². The monoisotopic (exact) mass is 375 g/mol. The van der Waals surface area contributed by atoms with Crippen LogP contribution >= 0.6 is 0 Å². The third-order valence-corrected chi connectivity index (χ3v) is 4.31. The second kappa shape index (κ2) is 7.31. The molecule has 4 aromatic rings. The van der Waals surface area contributed by atoms with E-state index in [9.17, 15) is 9.59 Å². The number of tetrazole rings is 1. The van der Waals surface area contributed by atoms with Crippen molar-refractivity contribution in [3.8, 4) is 5.69 Å². The summed E-state index contributed by atoms with van der Waals surface area (Å²) in [4.78, 5) is 29.5. The zero-order valence-electron chi connectivity index (χ0n) is 15.0. The van der Waals surface area contributed by atoms with Gasteiger partial charge in [-0.3, -0.25) is 9.59 Å². The number of H-pyrrole nitrogens is 1. The molecule has 2 aromatic carbocycles. The van der Waals surface area contributed by atoms with Gasteiger partial charge in [-0.25, -0.2) is 4.68 Å². The molecule has 2 N–H and O–H groups in total. The number of nitrogens with one attached hydrogen (secondary N) is 2. The molecular weight excluding hydrogens is 358 g/mol. The SMILES string of the molecule is CN(CC(=O)Nc1ccc(-n2cnnn2)cc1)C(=O)c1c[nH]c2ccccc12. The highest BCUT2D eigenvalue weighted by Gasteiger charge is 2.18. The number of para-hydroxylation sites is 1. The summed E-state index contributed by atoms with van der Waals surface area (Å²) >= 11 is 0. The Balaban J connectivity index is 1.39. The molecule has 0 aliphatic heterocycles. The summed E-state index contributed by atoms with van der Waals surface area (Å²) in [6, 6.07) is 14.6. The Kier molecular flexibility index (Phi) is 4.55. The Morgan fingerprint density at radius 3 is 2.68 bits per heavy atom. The van der Waals surface area contributed by atoms with Gasteiger partial charge in [-0.05, 0) is 40.8 Å². The van der Waals surface area contributed by atoms with E-state index in [1.807, 2.05) is 24.3 Å². The molecule has 0 bridgehead atoms. The fourth-order valence-electron chi connectivity index (χ4n) is 2.92. The Labute approximate surface area is 160 Å². The summed E-state index contributed by atoms with van der Waals surface area (Å²) in [5.74, 6) is -0.507. The molecule has 0 saturated carbocycles. The van der Waals surface area contributed by atoms with Crippen LogP contribution in [0.3, 0.4) is 0 Å². The maximum atomic E-state index is 12.7. The lowest BCUT2D eigenvalue weighted by atomic mass is 10.1. The van der Waals surface area contributed by atoms with Gasteiger partial charge in [0.25, 0.3) is 5.91 Å². The molecule has 2 amide bonds. The number of carbonyl (C=O) groups excluding carboxylic acids is 2. The van der Waals surface area contributed by atoms with Gasteiger partial charge in [0, 0.05) is 29.8 Å². The number of likely N-dealkylation sites (N-methyl/N-ethyl adjacent to an activating group) is 1. The standard InChI is InChI=1S/C19H17N7O2/c1-25(19(28)16-10-20-17-5-3-2-4-15(16)17)11-18(27)22-13-6-8-14(9-7-13)26-12-21-23-24-26/h2-10,12,20H,11H2,1H3,(H,22,27). The molecule has 2 heterocycles. The molecule has 140 valence electrons. The lowest BCUT2D eigenvalue weighted by molar-refractivity contribution is -0.116. The van der Waals surface area contributed by atoms with Gasteiger partial charge in [0.1, 0.15) is 6.33 Å². The lowest BCUT2D eigenvalue weighted by Gasteiger charge is -2.16. The zero-order valence-corrected chi connectivity index (χ0v) is 15.0. The topological polar surface area (TPSA) is 109 Å². The Morgan fingerprint density at radius 2 is 1.93 bits per heavy atom. The van der Waals surface area contributed by atoms with Crippen LogP contribution in [0, 0.1) is 0 Å². The number of hydrogen-bond acceptors (Lipinski definition) is 5. The number of amides is 2. The normalized spacial score (nSPS) is 10.8. The third kappa shape index (κ3) is 3.45. The van der Waals surface area contributed by atoms with Crippen LogP contribution in [0.15, 0.2) is 61.1 Å². The van der Waals surface area contributed by atoms with Crippen LogP contribution in [-0.4, -0.2) is 55.5 Å². The average Bonchev–Trinajstić information content (AvgIpc) is 3.38. The Morgan fingerprint density at radius 1 is 1.14 bits per heavy atom. The molecule has 0 aliphatic carbocycles. The minimum atomic E-state index is -0.286. The van der Waals surface area contributed by atoms with Crippen molar-refractivity contribution in [1.29, 1.82) is 0 Å². The molecule has 28 heavy (non-hydrogen) atoms. The van der Waals surface area contributed by atoms with Crippen molar-refractivity contribution in [2.24, 2.45) is 0 Å². The quantitative estimate of drug-likeness (QED) is 0.553. The van der Waals surface area contributed by atoms with Crippen molar-refractivity contribution >= 4 is 28.4 Å². The van der Waals surface area contributed by atoms with E-state index in [1.165, 1.54) is 15.9 Å². The largest absolute Gasteiger partial charge is 0.360 e. The van der Waals surface area contributed by atoms with E-state index in [4.69, 9.17) is 0 Å². The van der Waals surface area contributed by atoms with Gasteiger partial charge in [-0.1, -0.05) is 18.2 Å². The highest BCUT2D eigenvalue weighted by atomic mass is 16.2. The van der Waals surface area contributed by atoms with E-state index < -0.39 is 0 Å². The Bertz CT molecular complexity index is 1120. The molecule has 0 radical (unpaired) electrons. The first-order valence-corrected chi connectivity index (χ1v) is 8.56. The number of hydrogen-bond donors (Lipinski definition) is 2. The van der Waals surface area contributed by atoms with Crippen molar-refractivity contribution in [3.63, 3.8) is 0 Å². The van der Waals surface area contributed by atoms with E-state index >= 15 is 0 Å².